The molecule has 2 amide bonds. The van der Waals surface area contributed by atoms with Crippen molar-refractivity contribution in [3.8, 4) is 0 Å². The first kappa shape index (κ1) is 15.7. The van der Waals surface area contributed by atoms with E-state index in [0.29, 0.717) is 24.0 Å². The molecule has 130 valence electrons. The van der Waals surface area contributed by atoms with E-state index >= 15 is 0 Å². The quantitative estimate of drug-likeness (QED) is 0.806. The van der Waals surface area contributed by atoms with Crippen LogP contribution in [0.4, 0.5) is 4.79 Å². The molecule has 4 unspecified atom stereocenters. The summed E-state index contributed by atoms with van der Waals surface area (Å²) in [6.07, 6.45) is 9.80. The Morgan fingerprint density at radius 2 is 1.65 bits per heavy atom. The van der Waals surface area contributed by atoms with Crippen molar-refractivity contribution >= 4 is 6.03 Å². The maximum Gasteiger partial charge on any atom is 0.317 e. The van der Waals surface area contributed by atoms with E-state index < -0.39 is 0 Å². The van der Waals surface area contributed by atoms with Crippen LogP contribution in [0.15, 0.2) is 0 Å². The third-order valence-corrected chi connectivity index (χ3v) is 6.37. The van der Waals surface area contributed by atoms with Crippen LogP contribution in [0.1, 0.15) is 44.9 Å². The molecule has 23 heavy (non-hydrogen) atoms. The van der Waals surface area contributed by atoms with E-state index in [2.05, 4.69) is 10.2 Å². The number of hydrogen-bond donors (Lipinski definition) is 1. The Labute approximate surface area is 139 Å². The van der Waals surface area contributed by atoms with Gasteiger partial charge in [-0.05, 0) is 51.7 Å². The van der Waals surface area contributed by atoms with Crippen LogP contribution in [0.25, 0.3) is 0 Å². The molecule has 4 aliphatic rings. The van der Waals surface area contributed by atoms with E-state index in [-0.39, 0.29) is 6.03 Å². The molecule has 4 heterocycles. The minimum absolute atomic E-state index is 0.148. The number of likely N-dealkylation sites (tertiary alicyclic amines) is 2. The molecule has 0 aromatic rings. The largest absolute Gasteiger partial charge is 0.374 e. The standard InChI is InChI=1S/C18H31N3O2/c22-18(19-8-5-11-20-9-3-1-2-4-10-20)21-12-14-15(13-21)17-7-6-16(14)23-17/h14-17H,1-13H2,(H,19,22). The number of rotatable bonds is 4. The second kappa shape index (κ2) is 6.98. The van der Waals surface area contributed by atoms with Gasteiger partial charge in [-0.1, -0.05) is 12.8 Å². The zero-order chi connectivity index (χ0) is 15.6. The molecule has 0 aromatic heterocycles. The highest BCUT2D eigenvalue weighted by molar-refractivity contribution is 5.74. The maximum absolute atomic E-state index is 12.4. The predicted octanol–water partition coefficient (Wildman–Crippen LogP) is 2.07. The van der Waals surface area contributed by atoms with Crippen molar-refractivity contribution < 1.29 is 9.53 Å². The van der Waals surface area contributed by atoms with Crippen LogP contribution < -0.4 is 5.32 Å². The van der Waals surface area contributed by atoms with Gasteiger partial charge in [-0.15, -0.1) is 0 Å². The summed E-state index contributed by atoms with van der Waals surface area (Å²) in [5.41, 5.74) is 0. The molecular weight excluding hydrogens is 290 g/mol. The van der Waals surface area contributed by atoms with E-state index in [9.17, 15) is 4.79 Å². The third-order valence-electron chi connectivity index (χ3n) is 6.37. The number of hydrogen-bond acceptors (Lipinski definition) is 3. The molecule has 0 aromatic carbocycles. The van der Waals surface area contributed by atoms with Crippen molar-refractivity contribution in [1.82, 2.24) is 15.1 Å². The van der Waals surface area contributed by atoms with Gasteiger partial charge in [0.1, 0.15) is 0 Å². The van der Waals surface area contributed by atoms with E-state index in [1.165, 1.54) is 51.6 Å². The lowest BCUT2D eigenvalue weighted by Crippen LogP contribution is -2.41. The van der Waals surface area contributed by atoms with E-state index in [0.717, 1.165) is 32.6 Å². The van der Waals surface area contributed by atoms with Crippen molar-refractivity contribution in [2.24, 2.45) is 11.8 Å². The van der Waals surface area contributed by atoms with Crippen LogP contribution >= 0.6 is 0 Å². The Kier molecular flexibility index (Phi) is 4.76. The van der Waals surface area contributed by atoms with Gasteiger partial charge in [0.25, 0.3) is 0 Å². The minimum atomic E-state index is 0.148. The molecule has 2 bridgehead atoms. The highest BCUT2D eigenvalue weighted by atomic mass is 16.5. The lowest BCUT2D eigenvalue weighted by atomic mass is 9.82. The molecule has 0 aliphatic carbocycles. The second-order valence-corrected chi connectivity index (χ2v) is 7.86. The van der Waals surface area contributed by atoms with Crippen molar-refractivity contribution in [3.05, 3.63) is 0 Å². The number of carbonyl (C=O) groups is 1. The van der Waals surface area contributed by atoms with E-state index in [1.807, 2.05) is 4.90 Å². The number of nitrogens with zero attached hydrogens (tertiary/aromatic N) is 2. The van der Waals surface area contributed by atoms with Gasteiger partial charge in [0, 0.05) is 31.5 Å². The van der Waals surface area contributed by atoms with Crippen molar-refractivity contribution in [1.29, 1.82) is 0 Å². The molecule has 4 aliphatic heterocycles. The highest BCUT2D eigenvalue weighted by Gasteiger charge is 2.53. The Hall–Kier alpha value is -0.810. The molecule has 0 saturated carbocycles. The summed E-state index contributed by atoms with van der Waals surface area (Å²) >= 11 is 0. The maximum atomic E-state index is 12.4. The number of ether oxygens (including phenoxy) is 1. The summed E-state index contributed by atoms with van der Waals surface area (Å²) in [6.45, 7) is 6.24. The summed E-state index contributed by atoms with van der Waals surface area (Å²) in [4.78, 5) is 17.0. The zero-order valence-electron chi connectivity index (χ0n) is 14.2. The molecule has 0 spiro atoms. The van der Waals surface area contributed by atoms with E-state index in [4.69, 9.17) is 4.74 Å². The lowest BCUT2D eigenvalue weighted by Gasteiger charge is -2.21. The van der Waals surface area contributed by atoms with Crippen LogP contribution in [-0.4, -0.2) is 67.3 Å². The summed E-state index contributed by atoms with van der Waals surface area (Å²) in [7, 11) is 0. The molecular formula is C18H31N3O2. The van der Waals surface area contributed by atoms with Crippen molar-refractivity contribution in [2.75, 3.05) is 39.3 Å². The molecule has 1 N–H and O–H groups in total. The van der Waals surface area contributed by atoms with Crippen LogP contribution in [0.3, 0.4) is 0 Å². The summed E-state index contributed by atoms with van der Waals surface area (Å²) in [5.74, 6) is 1.22. The number of urea groups is 1. The molecule has 5 nitrogen and oxygen atoms in total. The Morgan fingerprint density at radius 3 is 2.30 bits per heavy atom. The SMILES string of the molecule is O=C(NCCCN1CCCCCC1)N1CC2C3CCC(O3)C2C1. The van der Waals surface area contributed by atoms with Crippen LogP contribution in [0.5, 0.6) is 0 Å². The molecule has 4 rings (SSSR count). The first-order valence-corrected chi connectivity index (χ1v) is 9.72. The molecule has 4 fully saturated rings. The van der Waals surface area contributed by atoms with Crippen LogP contribution in [0, 0.1) is 11.8 Å². The Morgan fingerprint density at radius 1 is 1.00 bits per heavy atom. The van der Waals surface area contributed by atoms with Gasteiger partial charge in [-0.2, -0.15) is 0 Å². The predicted molar refractivity (Wildman–Crippen MR) is 89.4 cm³/mol. The van der Waals surface area contributed by atoms with Crippen molar-refractivity contribution in [2.45, 2.75) is 57.2 Å². The van der Waals surface area contributed by atoms with Crippen LogP contribution in [0.2, 0.25) is 0 Å². The summed E-state index contributed by atoms with van der Waals surface area (Å²) < 4.78 is 5.98. The van der Waals surface area contributed by atoms with Gasteiger partial charge in [-0.25, -0.2) is 4.79 Å². The van der Waals surface area contributed by atoms with Gasteiger partial charge in [0.05, 0.1) is 12.2 Å². The van der Waals surface area contributed by atoms with Gasteiger partial charge >= 0.3 is 6.03 Å². The van der Waals surface area contributed by atoms with Gasteiger partial charge in [-0.3, -0.25) is 0 Å². The average Bonchev–Trinajstić information content (AvgIpc) is 3.21. The molecule has 4 atom stereocenters. The normalized spacial score (nSPS) is 37.0. The Balaban J connectivity index is 1.15. The number of amides is 2. The number of nitrogens with one attached hydrogen (secondary N) is 1. The fourth-order valence-electron chi connectivity index (χ4n) is 5.10. The molecule has 5 heteroatoms. The zero-order valence-corrected chi connectivity index (χ0v) is 14.2. The topological polar surface area (TPSA) is 44.8 Å². The smallest absolute Gasteiger partial charge is 0.317 e. The fourth-order valence-corrected chi connectivity index (χ4v) is 5.10. The van der Waals surface area contributed by atoms with E-state index in [1.54, 1.807) is 0 Å². The monoisotopic (exact) mass is 321 g/mol. The fraction of sp³-hybridized carbons (Fsp3) is 0.944. The number of fused-ring (bicyclic) bond motifs is 5. The molecule has 0 radical (unpaired) electrons. The first-order chi connectivity index (χ1) is 11.3. The minimum Gasteiger partial charge on any atom is -0.374 e. The second-order valence-electron chi connectivity index (χ2n) is 7.86. The third kappa shape index (κ3) is 3.36. The average molecular weight is 321 g/mol. The number of carbonyl (C=O) groups excluding carboxylic acids is 1. The summed E-state index contributed by atoms with van der Waals surface area (Å²) in [5, 5.41) is 3.14. The Bertz CT molecular complexity index is 404. The van der Waals surface area contributed by atoms with Crippen molar-refractivity contribution in [3.63, 3.8) is 0 Å². The summed E-state index contributed by atoms with van der Waals surface area (Å²) in [6, 6.07) is 0.148. The van der Waals surface area contributed by atoms with Crippen LogP contribution in [-0.2, 0) is 4.74 Å². The molecule has 4 saturated heterocycles. The lowest BCUT2D eigenvalue weighted by molar-refractivity contribution is 0.0739. The first-order valence-electron chi connectivity index (χ1n) is 9.72. The van der Waals surface area contributed by atoms with Gasteiger partial charge < -0.3 is 19.9 Å². The van der Waals surface area contributed by atoms with Gasteiger partial charge in [0.15, 0.2) is 0 Å². The van der Waals surface area contributed by atoms with Gasteiger partial charge in [0.2, 0.25) is 0 Å². The highest BCUT2D eigenvalue weighted by Crippen LogP contribution is 2.47.